The molecule has 6 aliphatic rings. The Balaban J connectivity index is 0.00000156. The largest absolute Gasteiger partial charge is 0.481 e. The standard InChI is InChI=1S/C38H64N2O6S.C3H8/c1-33(2,32(42)43)25-31(41)46-30-13-15-35(5)28(34(30,3)4)12-16-37(7)29(35)11-10-26-27-9-8-14-38(27,18-17-36(26,37)6)39-19-20-40-21-23-47(44,45)24-22-40;1-3-2/h26-30,39H,8-25H2,1-7H3,(H,42,43);3H2,1-2H3/t26?,27?,28?,29?,30?,35?,36-,37?,38?;/m1./s1. The van der Waals surface area contributed by atoms with Crippen LogP contribution in [-0.4, -0.2) is 79.7 Å². The summed E-state index contributed by atoms with van der Waals surface area (Å²) in [5, 5.41) is 13.7. The first-order valence-corrected chi connectivity index (χ1v) is 22.1. The van der Waals surface area contributed by atoms with E-state index in [0.717, 1.165) is 38.3 Å². The quantitative estimate of drug-likeness (QED) is 0.245. The topological polar surface area (TPSA) is 113 Å². The van der Waals surface area contributed by atoms with Gasteiger partial charge in [0.05, 0.1) is 23.3 Å². The van der Waals surface area contributed by atoms with Gasteiger partial charge in [-0.3, -0.25) is 9.59 Å². The predicted octanol–water partition coefficient (Wildman–Crippen LogP) is 7.74. The zero-order chi connectivity index (χ0) is 37.0. The number of fused-ring (bicyclic) bond motifs is 7. The Hall–Kier alpha value is -1.19. The molecule has 0 radical (unpaired) electrons. The molecule has 1 saturated heterocycles. The van der Waals surface area contributed by atoms with Gasteiger partial charge in [0.2, 0.25) is 0 Å². The van der Waals surface area contributed by atoms with Crippen molar-refractivity contribution in [2.24, 2.45) is 50.7 Å². The van der Waals surface area contributed by atoms with E-state index in [2.05, 4.69) is 58.7 Å². The lowest BCUT2D eigenvalue weighted by molar-refractivity contribution is -0.245. The Labute approximate surface area is 304 Å². The molecule has 8 unspecified atom stereocenters. The van der Waals surface area contributed by atoms with Gasteiger partial charge >= 0.3 is 11.9 Å². The first-order chi connectivity index (χ1) is 23.2. The van der Waals surface area contributed by atoms with Crippen molar-refractivity contribution in [1.29, 1.82) is 0 Å². The summed E-state index contributed by atoms with van der Waals surface area (Å²) in [5.41, 5.74) is -0.282. The van der Waals surface area contributed by atoms with Crippen molar-refractivity contribution in [3.8, 4) is 0 Å². The zero-order valence-corrected chi connectivity index (χ0v) is 34.0. The third-order valence-corrected chi connectivity index (χ3v) is 17.7. The minimum absolute atomic E-state index is 0.0998. The maximum Gasteiger partial charge on any atom is 0.309 e. The second-order valence-electron chi connectivity index (χ2n) is 19.7. The average molecular weight is 721 g/mol. The molecule has 5 aliphatic carbocycles. The van der Waals surface area contributed by atoms with E-state index in [1.165, 1.54) is 57.8 Å². The Kier molecular flexibility index (Phi) is 11.4. The van der Waals surface area contributed by atoms with Crippen LogP contribution in [0.2, 0.25) is 0 Å². The molecule has 0 aromatic heterocycles. The monoisotopic (exact) mass is 721 g/mol. The highest BCUT2D eigenvalue weighted by molar-refractivity contribution is 7.91. The summed E-state index contributed by atoms with van der Waals surface area (Å²) in [6.45, 7) is 23.2. The Bertz CT molecular complexity index is 1350. The van der Waals surface area contributed by atoms with Gasteiger partial charge in [0.15, 0.2) is 9.84 Å². The molecule has 50 heavy (non-hydrogen) atoms. The zero-order valence-electron chi connectivity index (χ0n) is 33.2. The minimum Gasteiger partial charge on any atom is -0.481 e. The fourth-order valence-electron chi connectivity index (χ4n) is 13.1. The Morgan fingerprint density at radius 2 is 1.50 bits per heavy atom. The van der Waals surface area contributed by atoms with Crippen molar-refractivity contribution >= 4 is 21.8 Å². The van der Waals surface area contributed by atoms with Crippen LogP contribution in [0.3, 0.4) is 0 Å². The molecule has 0 spiro atoms. The number of ether oxygens (including phenoxy) is 1. The van der Waals surface area contributed by atoms with E-state index in [-0.39, 0.29) is 40.3 Å². The fraction of sp³-hybridized carbons (Fsp3) is 0.951. The van der Waals surface area contributed by atoms with Gasteiger partial charge in [0, 0.05) is 37.1 Å². The Morgan fingerprint density at radius 1 is 0.840 bits per heavy atom. The highest BCUT2D eigenvalue weighted by atomic mass is 32.2. The number of carbonyl (C=O) groups excluding carboxylic acids is 1. The van der Waals surface area contributed by atoms with Gasteiger partial charge in [0.25, 0.3) is 0 Å². The van der Waals surface area contributed by atoms with Gasteiger partial charge in [-0.05, 0) is 118 Å². The fourth-order valence-corrected chi connectivity index (χ4v) is 14.4. The maximum atomic E-state index is 13.0. The summed E-state index contributed by atoms with van der Waals surface area (Å²) in [4.78, 5) is 27.0. The number of hydrogen-bond donors (Lipinski definition) is 2. The second-order valence-corrected chi connectivity index (χ2v) is 22.0. The molecule has 6 rings (SSSR count). The van der Waals surface area contributed by atoms with Crippen molar-refractivity contribution < 1.29 is 27.9 Å². The highest BCUT2D eigenvalue weighted by Gasteiger charge is 2.70. The Morgan fingerprint density at radius 3 is 2.14 bits per heavy atom. The van der Waals surface area contributed by atoms with Crippen LogP contribution in [-0.2, 0) is 24.2 Å². The molecule has 0 aromatic rings. The van der Waals surface area contributed by atoms with Crippen LogP contribution in [0, 0.1) is 50.7 Å². The lowest BCUT2D eigenvalue weighted by atomic mass is 9.33. The predicted molar refractivity (Wildman–Crippen MR) is 201 cm³/mol. The van der Waals surface area contributed by atoms with Crippen molar-refractivity contribution in [2.75, 3.05) is 37.7 Å². The van der Waals surface area contributed by atoms with Gasteiger partial charge in [0.1, 0.15) is 6.10 Å². The van der Waals surface area contributed by atoms with Crippen LogP contribution in [0.25, 0.3) is 0 Å². The van der Waals surface area contributed by atoms with E-state index < -0.39 is 21.2 Å². The number of rotatable bonds is 8. The molecule has 288 valence electrons. The number of aliphatic carboxylic acids is 1. The molecular formula is C41H72N2O6S. The van der Waals surface area contributed by atoms with E-state index in [1.807, 2.05) is 0 Å². The molecule has 0 amide bonds. The van der Waals surface area contributed by atoms with Crippen molar-refractivity contribution in [1.82, 2.24) is 10.2 Å². The van der Waals surface area contributed by atoms with Gasteiger partial charge in [-0.15, -0.1) is 0 Å². The number of carbonyl (C=O) groups is 2. The van der Waals surface area contributed by atoms with E-state index in [0.29, 0.717) is 47.8 Å². The molecule has 1 heterocycles. The normalized spacial score (nSPS) is 42.1. The van der Waals surface area contributed by atoms with Crippen LogP contribution < -0.4 is 5.32 Å². The van der Waals surface area contributed by atoms with Crippen LogP contribution in [0.4, 0.5) is 0 Å². The molecule has 0 aromatic carbocycles. The number of nitrogens with zero attached hydrogens (tertiary/aromatic N) is 1. The van der Waals surface area contributed by atoms with E-state index >= 15 is 0 Å². The number of nitrogens with one attached hydrogen (secondary N) is 1. The van der Waals surface area contributed by atoms with E-state index in [1.54, 1.807) is 13.8 Å². The smallest absolute Gasteiger partial charge is 0.309 e. The van der Waals surface area contributed by atoms with Gasteiger partial charge in [-0.1, -0.05) is 61.3 Å². The van der Waals surface area contributed by atoms with E-state index in [9.17, 15) is 23.1 Å². The lowest BCUT2D eigenvalue weighted by Crippen LogP contribution is -2.68. The highest BCUT2D eigenvalue weighted by Crippen LogP contribution is 2.76. The maximum absolute atomic E-state index is 13.0. The summed E-state index contributed by atoms with van der Waals surface area (Å²) in [7, 11) is -2.85. The lowest BCUT2D eigenvalue weighted by Gasteiger charge is -2.72. The molecule has 5 saturated carbocycles. The van der Waals surface area contributed by atoms with Crippen LogP contribution >= 0.6 is 0 Å². The molecule has 9 heteroatoms. The number of carboxylic acid groups (broad SMARTS) is 1. The van der Waals surface area contributed by atoms with Crippen LogP contribution in [0.15, 0.2) is 0 Å². The number of sulfone groups is 1. The molecule has 1 aliphatic heterocycles. The van der Waals surface area contributed by atoms with Crippen molar-refractivity contribution in [3.63, 3.8) is 0 Å². The molecule has 9 atom stereocenters. The number of carboxylic acids is 1. The minimum atomic E-state index is -2.85. The average Bonchev–Trinajstić information content (AvgIpc) is 3.44. The first kappa shape index (κ1) is 40.0. The van der Waals surface area contributed by atoms with Crippen molar-refractivity contribution in [2.45, 2.75) is 157 Å². The second kappa shape index (κ2) is 14.2. The SMILES string of the molecule is CC(C)(CC(=O)OC1CCC2(C)C(CCC3(C)C2CCC2C4CCCC4(NCCN4CCS(=O)(=O)CC4)CC[C@]23C)C1(C)C)C(=O)O.CCC. The van der Waals surface area contributed by atoms with Crippen LogP contribution in [0.5, 0.6) is 0 Å². The van der Waals surface area contributed by atoms with Gasteiger partial charge in [-0.25, -0.2) is 8.42 Å². The molecular weight excluding hydrogens is 649 g/mol. The summed E-state index contributed by atoms with van der Waals surface area (Å²) >= 11 is 0. The van der Waals surface area contributed by atoms with Crippen LogP contribution in [0.1, 0.15) is 146 Å². The summed E-state index contributed by atoms with van der Waals surface area (Å²) < 4.78 is 30.0. The third-order valence-electron chi connectivity index (χ3n) is 16.1. The van der Waals surface area contributed by atoms with Gasteiger partial charge < -0.3 is 20.1 Å². The summed E-state index contributed by atoms with van der Waals surface area (Å²) in [6.07, 6.45) is 14.3. The van der Waals surface area contributed by atoms with Crippen molar-refractivity contribution in [3.05, 3.63) is 0 Å². The first-order valence-electron chi connectivity index (χ1n) is 20.3. The summed E-state index contributed by atoms with van der Waals surface area (Å²) in [6, 6.07) is 0. The third kappa shape index (κ3) is 6.96. The molecule has 2 N–H and O–H groups in total. The summed E-state index contributed by atoms with van der Waals surface area (Å²) in [5.74, 6) is 1.81. The molecule has 8 nitrogen and oxygen atoms in total. The molecule has 0 bridgehead atoms. The number of hydrogen-bond acceptors (Lipinski definition) is 7. The van der Waals surface area contributed by atoms with Gasteiger partial charge in [-0.2, -0.15) is 0 Å². The number of esters is 1. The van der Waals surface area contributed by atoms with E-state index in [4.69, 9.17) is 4.74 Å². The molecule has 6 fully saturated rings.